The van der Waals surface area contributed by atoms with Crippen molar-refractivity contribution in [2.24, 2.45) is 0 Å². The minimum absolute atomic E-state index is 0.725. The van der Waals surface area contributed by atoms with Crippen LogP contribution in [-0.2, 0) is 13.1 Å². The Balaban J connectivity index is 1.82. The van der Waals surface area contributed by atoms with Gasteiger partial charge in [0.15, 0.2) is 0 Å². The third kappa shape index (κ3) is 2.54. The highest BCUT2D eigenvalue weighted by Crippen LogP contribution is 2.40. The van der Waals surface area contributed by atoms with Crippen LogP contribution >= 0.6 is 31.9 Å². The van der Waals surface area contributed by atoms with Gasteiger partial charge >= 0.3 is 0 Å². The number of rotatable bonds is 3. The van der Waals surface area contributed by atoms with Crippen LogP contribution < -0.4 is 0 Å². The number of hydrogen-bond acceptors (Lipinski definition) is 2. The fourth-order valence-corrected chi connectivity index (χ4v) is 4.93. The quantitative estimate of drug-likeness (QED) is 0.730. The minimum atomic E-state index is 0.725. The summed E-state index contributed by atoms with van der Waals surface area (Å²) in [5.41, 5.74) is 2.46. The summed E-state index contributed by atoms with van der Waals surface area (Å²) in [7, 11) is 0. The van der Waals surface area contributed by atoms with E-state index >= 15 is 0 Å². The molecule has 0 aliphatic carbocycles. The molecule has 2 aliphatic rings. The molecule has 0 radical (unpaired) electrons. The first-order valence-corrected chi connectivity index (χ1v) is 8.92. The smallest absolute Gasteiger partial charge is 0.0739 e. The molecular formula is C14H21Br2N3. The van der Waals surface area contributed by atoms with Gasteiger partial charge in [-0.25, -0.2) is 0 Å². The Labute approximate surface area is 132 Å². The molecule has 2 aliphatic heterocycles. The zero-order valence-corrected chi connectivity index (χ0v) is 14.7. The molecule has 2 fully saturated rings. The van der Waals surface area contributed by atoms with Crippen molar-refractivity contribution in [1.29, 1.82) is 0 Å². The van der Waals surface area contributed by atoms with Crippen LogP contribution in [0.4, 0.5) is 0 Å². The van der Waals surface area contributed by atoms with Crippen molar-refractivity contribution in [1.82, 2.24) is 14.7 Å². The Morgan fingerprint density at radius 2 is 1.89 bits per heavy atom. The predicted octanol–water partition coefficient (Wildman–Crippen LogP) is 3.86. The number of nitrogens with zero attached hydrogens (tertiary/aromatic N) is 3. The van der Waals surface area contributed by atoms with Crippen LogP contribution in [0.15, 0.2) is 4.47 Å². The lowest BCUT2D eigenvalue weighted by Crippen LogP contribution is -2.43. The normalized spacial score (nSPS) is 31.1. The van der Waals surface area contributed by atoms with Crippen molar-refractivity contribution >= 4 is 31.9 Å². The van der Waals surface area contributed by atoms with Crippen LogP contribution in [0.5, 0.6) is 0 Å². The lowest BCUT2D eigenvalue weighted by Gasteiger charge is -2.37. The molecule has 5 heteroatoms. The molecule has 3 heterocycles. The molecule has 3 nitrogen and oxygen atoms in total. The van der Waals surface area contributed by atoms with Gasteiger partial charge in [-0.1, -0.05) is 15.9 Å². The first kappa shape index (κ1) is 14.1. The van der Waals surface area contributed by atoms with Crippen LogP contribution in [0.2, 0.25) is 0 Å². The standard InChI is InChI=1S/C14H21Br2N3/c1-3-19-13(14(16)9(2)17-19)8-18-11-4-5-12(18)7-10(15)6-11/h10-12H,3-8H2,1-2H3. The van der Waals surface area contributed by atoms with Crippen LogP contribution in [0.25, 0.3) is 0 Å². The van der Waals surface area contributed by atoms with E-state index in [1.54, 1.807) is 0 Å². The summed E-state index contributed by atoms with van der Waals surface area (Å²) < 4.78 is 3.36. The fraction of sp³-hybridized carbons (Fsp3) is 0.786. The van der Waals surface area contributed by atoms with Gasteiger partial charge in [-0.05, 0) is 55.5 Å². The molecule has 106 valence electrons. The zero-order chi connectivity index (χ0) is 13.6. The molecule has 2 saturated heterocycles. The molecule has 2 unspecified atom stereocenters. The second-order valence-corrected chi connectivity index (χ2v) is 7.88. The molecular weight excluding hydrogens is 370 g/mol. The van der Waals surface area contributed by atoms with E-state index in [4.69, 9.17) is 0 Å². The van der Waals surface area contributed by atoms with Crippen molar-refractivity contribution in [3.8, 4) is 0 Å². The lowest BCUT2D eigenvalue weighted by atomic mass is 10.0. The first-order chi connectivity index (χ1) is 9.10. The molecule has 3 rings (SSSR count). The molecule has 0 N–H and O–H groups in total. The molecule has 0 spiro atoms. The molecule has 0 aromatic carbocycles. The average Bonchev–Trinajstić information content (AvgIpc) is 2.78. The van der Waals surface area contributed by atoms with Crippen LogP contribution in [0, 0.1) is 6.92 Å². The van der Waals surface area contributed by atoms with Crippen LogP contribution in [0.1, 0.15) is 44.0 Å². The lowest BCUT2D eigenvalue weighted by molar-refractivity contribution is 0.132. The number of halogens is 2. The summed E-state index contributed by atoms with van der Waals surface area (Å²) in [6, 6.07) is 1.52. The maximum absolute atomic E-state index is 4.61. The van der Waals surface area contributed by atoms with Crippen LogP contribution in [0.3, 0.4) is 0 Å². The van der Waals surface area contributed by atoms with Crippen LogP contribution in [-0.4, -0.2) is 31.6 Å². The number of aryl methyl sites for hydroxylation is 2. The summed E-state index contributed by atoms with van der Waals surface area (Å²) >= 11 is 7.54. The van der Waals surface area contributed by atoms with Crippen molar-refractivity contribution in [3.05, 3.63) is 15.9 Å². The molecule has 0 amide bonds. The average molecular weight is 391 g/mol. The maximum Gasteiger partial charge on any atom is 0.0739 e. The number of alkyl halides is 1. The summed E-state index contributed by atoms with van der Waals surface area (Å²) in [6.45, 7) is 6.25. The molecule has 0 saturated carbocycles. The monoisotopic (exact) mass is 389 g/mol. The van der Waals surface area contributed by atoms with E-state index in [1.807, 2.05) is 0 Å². The van der Waals surface area contributed by atoms with Crippen molar-refractivity contribution < 1.29 is 0 Å². The summed E-state index contributed by atoms with van der Waals surface area (Å²) in [5.74, 6) is 0. The molecule has 1 aromatic rings. The van der Waals surface area contributed by atoms with Crippen molar-refractivity contribution in [3.63, 3.8) is 0 Å². The molecule has 19 heavy (non-hydrogen) atoms. The first-order valence-electron chi connectivity index (χ1n) is 7.21. The van der Waals surface area contributed by atoms with E-state index in [2.05, 4.69) is 60.4 Å². The molecule has 2 bridgehead atoms. The van der Waals surface area contributed by atoms with E-state index in [0.717, 1.165) is 35.7 Å². The Kier molecular flexibility index (Phi) is 4.07. The number of piperidine rings is 1. The predicted molar refractivity (Wildman–Crippen MR) is 84.6 cm³/mol. The number of hydrogen-bond donors (Lipinski definition) is 0. The van der Waals surface area contributed by atoms with Gasteiger partial charge in [0.1, 0.15) is 0 Å². The Morgan fingerprint density at radius 1 is 1.26 bits per heavy atom. The largest absolute Gasteiger partial charge is 0.292 e. The van der Waals surface area contributed by atoms with Gasteiger partial charge in [0.2, 0.25) is 0 Å². The maximum atomic E-state index is 4.61. The van der Waals surface area contributed by atoms with Gasteiger partial charge < -0.3 is 0 Å². The fourth-order valence-electron chi connectivity index (χ4n) is 3.66. The van der Waals surface area contributed by atoms with E-state index in [-0.39, 0.29) is 0 Å². The van der Waals surface area contributed by atoms with Crippen molar-refractivity contribution in [2.75, 3.05) is 0 Å². The summed E-state index contributed by atoms with van der Waals surface area (Å²) in [6.07, 6.45) is 5.33. The van der Waals surface area contributed by atoms with Gasteiger partial charge in [0.05, 0.1) is 15.9 Å². The Morgan fingerprint density at radius 3 is 2.47 bits per heavy atom. The summed E-state index contributed by atoms with van der Waals surface area (Å²) in [5, 5.41) is 4.61. The highest BCUT2D eigenvalue weighted by atomic mass is 79.9. The molecule has 1 aromatic heterocycles. The second kappa shape index (κ2) is 5.49. The van der Waals surface area contributed by atoms with E-state index in [0.29, 0.717) is 0 Å². The Hall–Kier alpha value is 0.130. The third-order valence-corrected chi connectivity index (χ3v) is 6.39. The SMILES string of the molecule is CCn1nc(C)c(Br)c1CN1C2CCC1CC(Br)C2. The van der Waals surface area contributed by atoms with Gasteiger partial charge in [-0.3, -0.25) is 9.58 Å². The van der Waals surface area contributed by atoms with Crippen molar-refractivity contribution in [2.45, 2.75) is 69.5 Å². The minimum Gasteiger partial charge on any atom is -0.292 e. The zero-order valence-electron chi connectivity index (χ0n) is 11.6. The van der Waals surface area contributed by atoms with E-state index < -0.39 is 0 Å². The second-order valence-electron chi connectivity index (χ2n) is 5.79. The van der Waals surface area contributed by atoms with E-state index in [1.165, 1.54) is 35.8 Å². The highest BCUT2D eigenvalue weighted by molar-refractivity contribution is 9.10. The van der Waals surface area contributed by atoms with Gasteiger partial charge in [0, 0.05) is 30.0 Å². The van der Waals surface area contributed by atoms with Gasteiger partial charge in [0.25, 0.3) is 0 Å². The van der Waals surface area contributed by atoms with Gasteiger partial charge in [-0.2, -0.15) is 5.10 Å². The number of aromatic nitrogens is 2. The Bertz CT molecular complexity index is 458. The topological polar surface area (TPSA) is 21.1 Å². The third-order valence-electron chi connectivity index (χ3n) is 4.61. The molecule has 2 atom stereocenters. The summed E-state index contributed by atoms with van der Waals surface area (Å²) in [4.78, 5) is 3.44. The number of fused-ring (bicyclic) bond motifs is 2. The van der Waals surface area contributed by atoms with E-state index in [9.17, 15) is 0 Å². The van der Waals surface area contributed by atoms with Gasteiger partial charge in [-0.15, -0.1) is 0 Å². The highest BCUT2D eigenvalue weighted by Gasteiger charge is 2.40.